The van der Waals surface area contributed by atoms with Gasteiger partial charge in [0.25, 0.3) is 5.91 Å². The van der Waals surface area contributed by atoms with Crippen molar-refractivity contribution in [3.8, 4) is 5.75 Å². The first-order valence-corrected chi connectivity index (χ1v) is 6.35. The number of nitrogens with two attached hydrogens (primary N) is 1. The summed E-state index contributed by atoms with van der Waals surface area (Å²) in [6, 6.07) is 8.96. The molecule has 1 aromatic carbocycles. The average molecular weight is 262 g/mol. The van der Waals surface area contributed by atoms with E-state index in [1.807, 2.05) is 17.5 Å². The van der Waals surface area contributed by atoms with E-state index in [1.54, 1.807) is 36.6 Å². The Bertz CT molecular complexity index is 538. The van der Waals surface area contributed by atoms with Crippen LogP contribution in [0.5, 0.6) is 5.75 Å². The summed E-state index contributed by atoms with van der Waals surface area (Å²) in [5.74, 6) is 0.318. The van der Waals surface area contributed by atoms with Crippen LogP contribution in [0.3, 0.4) is 0 Å². The second kappa shape index (κ2) is 5.55. The molecule has 2 aromatic rings. The highest BCUT2D eigenvalue weighted by Crippen LogP contribution is 2.23. The Kier molecular flexibility index (Phi) is 3.84. The monoisotopic (exact) mass is 262 g/mol. The molecule has 0 aliphatic heterocycles. The van der Waals surface area contributed by atoms with Crippen LogP contribution >= 0.6 is 11.3 Å². The van der Waals surface area contributed by atoms with Gasteiger partial charge in [0.2, 0.25) is 0 Å². The second-order valence-corrected chi connectivity index (χ2v) is 4.74. The number of hydrogen-bond donors (Lipinski definition) is 2. The number of benzene rings is 1. The first-order chi connectivity index (χ1) is 8.70. The lowest BCUT2D eigenvalue weighted by Crippen LogP contribution is -2.19. The molecule has 18 heavy (non-hydrogen) atoms. The zero-order valence-electron chi connectivity index (χ0n) is 9.97. The average Bonchev–Trinajstić information content (AvgIpc) is 2.88. The van der Waals surface area contributed by atoms with Gasteiger partial charge in [0, 0.05) is 23.7 Å². The minimum Gasteiger partial charge on any atom is -0.487 e. The van der Waals surface area contributed by atoms with E-state index >= 15 is 0 Å². The third-order valence-corrected chi connectivity index (χ3v) is 3.28. The first-order valence-electron chi connectivity index (χ1n) is 5.47. The molecule has 0 aliphatic carbocycles. The number of rotatable bonds is 4. The fraction of sp³-hybridized carbons (Fsp3) is 0.154. The molecule has 0 bridgehead atoms. The van der Waals surface area contributed by atoms with Crippen molar-refractivity contribution in [2.24, 2.45) is 0 Å². The van der Waals surface area contributed by atoms with Crippen molar-refractivity contribution in [3.05, 3.63) is 46.2 Å². The highest BCUT2D eigenvalue weighted by atomic mass is 32.1. The molecule has 0 fully saturated rings. The summed E-state index contributed by atoms with van der Waals surface area (Å²) < 4.78 is 5.65. The zero-order valence-corrected chi connectivity index (χ0v) is 10.8. The van der Waals surface area contributed by atoms with E-state index in [1.165, 1.54) is 0 Å². The predicted molar refractivity (Wildman–Crippen MR) is 72.9 cm³/mol. The fourth-order valence-electron chi connectivity index (χ4n) is 1.52. The molecule has 1 amide bonds. The van der Waals surface area contributed by atoms with Crippen LogP contribution < -0.4 is 15.8 Å². The van der Waals surface area contributed by atoms with Gasteiger partial charge in [-0.3, -0.25) is 4.79 Å². The number of hydrogen-bond acceptors (Lipinski definition) is 4. The van der Waals surface area contributed by atoms with E-state index < -0.39 is 0 Å². The summed E-state index contributed by atoms with van der Waals surface area (Å²) in [5, 5.41) is 4.56. The topological polar surface area (TPSA) is 64.4 Å². The largest absolute Gasteiger partial charge is 0.487 e. The van der Waals surface area contributed by atoms with Crippen molar-refractivity contribution in [2.75, 3.05) is 12.8 Å². The molecule has 0 aliphatic rings. The fourth-order valence-corrected chi connectivity index (χ4v) is 2.14. The van der Waals surface area contributed by atoms with Gasteiger partial charge < -0.3 is 15.8 Å². The van der Waals surface area contributed by atoms with Crippen molar-refractivity contribution >= 4 is 22.9 Å². The van der Waals surface area contributed by atoms with Gasteiger partial charge in [0.05, 0.1) is 5.56 Å². The van der Waals surface area contributed by atoms with E-state index in [2.05, 4.69) is 5.32 Å². The van der Waals surface area contributed by atoms with Gasteiger partial charge in [0.1, 0.15) is 12.4 Å². The Morgan fingerprint density at radius 3 is 2.94 bits per heavy atom. The Labute approximate surface area is 109 Å². The van der Waals surface area contributed by atoms with E-state index in [0.29, 0.717) is 23.6 Å². The molecule has 0 unspecified atom stereocenters. The molecule has 3 N–H and O–H groups in total. The minimum absolute atomic E-state index is 0.184. The number of carbonyl (C=O) groups excluding carboxylic acids is 1. The zero-order chi connectivity index (χ0) is 13.0. The molecule has 0 spiro atoms. The third kappa shape index (κ3) is 2.81. The number of carbonyl (C=O) groups is 1. The number of anilines is 1. The Morgan fingerprint density at radius 2 is 2.28 bits per heavy atom. The van der Waals surface area contributed by atoms with Gasteiger partial charge in [0.15, 0.2) is 0 Å². The lowest BCUT2D eigenvalue weighted by Gasteiger charge is -2.10. The van der Waals surface area contributed by atoms with E-state index in [9.17, 15) is 4.79 Å². The number of amides is 1. The van der Waals surface area contributed by atoms with Crippen LogP contribution in [0.15, 0.2) is 35.7 Å². The van der Waals surface area contributed by atoms with Crippen molar-refractivity contribution in [2.45, 2.75) is 6.61 Å². The van der Waals surface area contributed by atoms with Crippen LogP contribution in [0.1, 0.15) is 15.2 Å². The van der Waals surface area contributed by atoms with Crippen LogP contribution in [0.25, 0.3) is 0 Å². The normalized spacial score (nSPS) is 10.1. The van der Waals surface area contributed by atoms with Crippen LogP contribution in [0.2, 0.25) is 0 Å². The highest BCUT2D eigenvalue weighted by molar-refractivity contribution is 7.09. The number of nitrogen functional groups attached to an aromatic ring is 1. The minimum atomic E-state index is -0.184. The predicted octanol–water partition coefficient (Wildman–Crippen LogP) is 2.27. The van der Waals surface area contributed by atoms with Crippen LogP contribution in [-0.2, 0) is 6.61 Å². The third-order valence-electron chi connectivity index (χ3n) is 2.43. The quantitative estimate of drug-likeness (QED) is 0.831. The highest BCUT2D eigenvalue weighted by Gasteiger charge is 2.11. The molecule has 0 radical (unpaired) electrons. The number of ether oxygens (including phenoxy) is 1. The molecule has 0 atom stereocenters. The summed E-state index contributed by atoms with van der Waals surface area (Å²) in [5.41, 5.74) is 6.77. The summed E-state index contributed by atoms with van der Waals surface area (Å²) in [7, 11) is 1.59. The molecular formula is C13H14N2O2S. The van der Waals surface area contributed by atoms with Crippen LogP contribution in [0.4, 0.5) is 5.69 Å². The summed E-state index contributed by atoms with van der Waals surface area (Å²) in [6.45, 7) is 0.436. The maximum absolute atomic E-state index is 11.7. The molecular weight excluding hydrogens is 248 g/mol. The molecule has 4 nitrogen and oxygen atoms in total. The molecule has 1 heterocycles. The summed E-state index contributed by atoms with van der Waals surface area (Å²) in [6.07, 6.45) is 0. The van der Waals surface area contributed by atoms with E-state index in [0.717, 1.165) is 4.88 Å². The SMILES string of the molecule is CNC(=O)c1ccc(N)cc1OCc1cccs1. The molecule has 2 rings (SSSR count). The Balaban J connectivity index is 2.19. The van der Waals surface area contributed by atoms with Crippen LogP contribution in [0, 0.1) is 0 Å². The molecule has 1 aromatic heterocycles. The molecule has 94 valence electrons. The van der Waals surface area contributed by atoms with Gasteiger partial charge in [-0.15, -0.1) is 11.3 Å². The van der Waals surface area contributed by atoms with Crippen molar-refractivity contribution < 1.29 is 9.53 Å². The standard InChI is InChI=1S/C13H14N2O2S/c1-15-13(16)11-5-4-9(14)7-12(11)17-8-10-3-2-6-18-10/h2-7H,8,14H2,1H3,(H,15,16). The van der Waals surface area contributed by atoms with E-state index in [-0.39, 0.29) is 5.91 Å². The lowest BCUT2D eigenvalue weighted by atomic mass is 10.1. The van der Waals surface area contributed by atoms with Crippen molar-refractivity contribution in [3.63, 3.8) is 0 Å². The molecule has 5 heteroatoms. The maximum Gasteiger partial charge on any atom is 0.254 e. The summed E-state index contributed by atoms with van der Waals surface area (Å²) >= 11 is 1.61. The van der Waals surface area contributed by atoms with Crippen molar-refractivity contribution in [1.29, 1.82) is 0 Å². The van der Waals surface area contributed by atoms with Crippen molar-refractivity contribution in [1.82, 2.24) is 5.32 Å². The van der Waals surface area contributed by atoms with Crippen LogP contribution in [-0.4, -0.2) is 13.0 Å². The first kappa shape index (κ1) is 12.4. The van der Waals surface area contributed by atoms with Gasteiger partial charge in [-0.05, 0) is 23.6 Å². The number of thiophene rings is 1. The Morgan fingerprint density at radius 1 is 1.44 bits per heavy atom. The van der Waals surface area contributed by atoms with Gasteiger partial charge >= 0.3 is 0 Å². The summed E-state index contributed by atoms with van der Waals surface area (Å²) in [4.78, 5) is 12.8. The second-order valence-electron chi connectivity index (χ2n) is 3.70. The van der Waals surface area contributed by atoms with E-state index in [4.69, 9.17) is 10.5 Å². The molecule has 0 saturated carbocycles. The Hall–Kier alpha value is -2.01. The molecule has 0 saturated heterocycles. The van der Waals surface area contributed by atoms with Gasteiger partial charge in [-0.25, -0.2) is 0 Å². The number of nitrogens with one attached hydrogen (secondary N) is 1. The van der Waals surface area contributed by atoms with Gasteiger partial charge in [-0.2, -0.15) is 0 Å². The maximum atomic E-state index is 11.7. The lowest BCUT2D eigenvalue weighted by molar-refractivity contribution is 0.0958. The smallest absolute Gasteiger partial charge is 0.254 e. The van der Waals surface area contributed by atoms with Gasteiger partial charge in [-0.1, -0.05) is 6.07 Å².